The first-order valence-corrected chi connectivity index (χ1v) is 9.30. The van der Waals surface area contributed by atoms with Crippen LogP contribution in [0.2, 0.25) is 0 Å². The average Bonchev–Trinajstić information content (AvgIpc) is 2.93. The molecule has 0 saturated carbocycles. The Labute approximate surface area is 132 Å². The van der Waals surface area contributed by atoms with E-state index in [9.17, 15) is 8.42 Å². The second-order valence-corrected chi connectivity index (χ2v) is 8.51. The Bertz CT molecular complexity index is 781. The molecule has 1 fully saturated rings. The largest absolute Gasteiger partial charge is 0.384 e. The number of anilines is 1. The van der Waals surface area contributed by atoms with Gasteiger partial charge in [0.15, 0.2) is 9.84 Å². The number of hydrogen-bond donors (Lipinski definition) is 1. The molecule has 2 heterocycles. The lowest BCUT2D eigenvalue weighted by Crippen LogP contribution is -2.14. The Morgan fingerprint density at radius 1 is 1.33 bits per heavy atom. The zero-order valence-corrected chi connectivity index (χ0v) is 14.0. The van der Waals surface area contributed by atoms with E-state index in [-0.39, 0.29) is 17.5 Å². The molecule has 2 aromatic rings. The first-order valence-electron chi connectivity index (χ1n) is 6.68. The Hall–Kier alpha value is -1.34. The molecule has 0 aliphatic carbocycles. The van der Waals surface area contributed by atoms with E-state index in [0.717, 1.165) is 21.3 Å². The molecule has 21 heavy (non-hydrogen) atoms. The van der Waals surface area contributed by atoms with Crippen molar-refractivity contribution >= 4 is 31.6 Å². The van der Waals surface area contributed by atoms with E-state index >= 15 is 0 Å². The minimum absolute atomic E-state index is 0.123. The van der Waals surface area contributed by atoms with Crippen LogP contribution < -0.4 is 5.73 Å². The molecule has 1 aromatic heterocycles. The van der Waals surface area contributed by atoms with Crippen LogP contribution in [0, 0.1) is 6.92 Å². The van der Waals surface area contributed by atoms with Crippen molar-refractivity contribution in [1.29, 1.82) is 0 Å². The third-order valence-electron chi connectivity index (χ3n) is 3.87. The summed E-state index contributed by atoms with van der Waals surface area (Å²) in [5.74, 6) is 0.886. The standard InChI is InChI=1S/C14H16BrN3O2S/c1-9-13(10-2-4-11(15)5-3-10)17-18(14(9)16)12-6-7-21(19,20)8-12/h2-5,12H,6-8,16H2,1H3. The Morgan fingerprint density at radius 3 is 2.57 bits per heavy atom. The van der Waals surface area contributed by atoms with E-state index in [1.54, 1.807) is 4.68 Å². The van der Waals surface area contributed by atoms with Gasteiger partial charge in [-0.05, 0) is 25.5 Å². The molecule has 1 aliphatic rings. The third kappa shape index (κ3) is 2.72. The van der Waals surface area contributed by atoms with Crippen LogP contribution in [-0.4, -0.2) is 29.7 Å². The molecule has 1 aliphatic heterocycles. The number of nitrogens with two attached hydrogens (primary N) is 1. The summed E-state index contributed by atoms with van der Waals surface area (Å²) in [6.07, 6.45) is 0.577. The number of nitrogens with zero attached hydrogens (tertiary/aromatic N) is 2. The number of aromatic nitrogens is 2. The van der Waals surface area contributed by atoms with Crippen molar-refractivity contribution in [2.24, 2.45) is 0 Å². The van der Waals surface area contributed by atoms with Crippen molar-refractivity contribution in [3.8, 4) is 11.3 Å². The number of hydrogen-bond acceptors (Lipinski definition) is 4. The summed E-state index contributed by atoms with van der Waals surface area (Å²) in [4.78, 5) is 0. The monoisotopic (exact) mass is 369 g/mol. The van der Waals surface area contributed by atoms with Crippen molar-refractivity contribution in [3.05, 3.63) is 34.3 Å². The van der Waals surface area contributed by atoms with Gasteiger partial charge in [-0.25, -0.2) is 13.1 Å². The van der Waals surface area contributed by atoms with Gasteiger partial charge in [0.05, 0.1) is 23.2 Å². The summed E-state index contributed by atoms with van der Waals surface area (Å²) in [6, 6.07) is 7.68. The quantitative estimate of drug-likeness (QED) is 0.881. The molecule has 0 spiro atoms. The molecule has 3 rings (SSSR count). The summed E-state index contributed by atoms with van der Waals surface area (Å²) in [5.41, 5.74) is 8.81. The topological polar surface area (TPSA) is 78.0 Å². The van der Waals surface area contributed by atoms with Gasteiger partial charge in [-0.15, -0.1) is 0 Å². The van der Waals surface area contributed by atoms with Crippen molar-refractivity contribution in [2.75, 3.05) is 17.2 Å². The summed E-state index contributed by atoms with van der Waals surface area (Å²) < 4.78 is 26.0. The fourth-order valence-electron chi connectivity index (χ4n) is 2.66. The molecule has 5 nitrogen and oxygen atoms in total. The average molecular weight is 370 g/mol. The minimum Gasteiger partial charge on any atom is -0.384 e. The van der Waals surface area contributed by atoms with Gasteiger partial charge in [0.25, 0.3) is 0 Å². The predicted octanol–water partition coefficient (Wildman–Crippen LogP) is 2.56. The highest BCUT2D eigenvalue weighted by Gasteiger charge is 2.31. The maximum atomic E-state index is 11.6. The molecule has 1 aromatic carbocycles. The van der Waals surface area contributed by atoms with Crippen LogP contribution in [0.5, 0.6) is 0 Å². The van der Waals surface area contributed by atoms with E-state index in [4.69, 9.17) is 5.73 Å². The molecule has 2 N–H and O–H groups in total. The number of benzene rings is 1. The van der Waals surface area contributed by atoms with E-state index < -0.39 is 9.84 Å². The highest BCUT2D eigenvalue weighted by atomic mass is 79.9. The lowest BCUT2D eigenvalue weighted by molar-refractivity contribution is 0.508. The molecule has 1 atom stereocenters. The maximum Gasteiger partial charge on any atom is 0.152 e. The van der Waals surface area contributed by atoms with Gasteiger partial charge in [0.1, 0.15) is 5.82 Å². The van der Waals surface area contributed by atoms with Gasteiger partial charge in [0.2, 0.25) is 0 Å². The summed E-state index contributed by atoms with van der Waals surface area (Å²) in [6.45, 7) is 1.92. The SMILES string of the molecule is Cc1c(-c2ccc(Br)cc2)nn(C2CCS(=O)(=O)C2)c1N. The third-order valence-corrected chi connectivity index (χ3v) is 6.14. The van der Waals surface area contributed by atoms with Gasteiger partial charge < -0.3 is 5.73 Å². The maximum absolute atomic E-state index is 11.6. The minimum atomic E-state index is -2.96. The zero-order chi connectivity index (χ0) is 15.2. The van der Waals surface area contributed by atoms with Gasteiger partial charge in [0, 0.05) is 15.6 Å². The summed E-state index contributed by atoms with van der Waals surface area (Å²) in [5, 5.41) is 4.57. The Kier molecular flexibility index (Phi) is 3.57. The van der Waals surface area contributed by atoms with E-state index in [2.05, 4.69) is 21.0 Å². The van der Waals surface area contributed by atoms with Crippen molar-refractivity contribution in [3.63, 3.8) is 0 Å². The Balaban J connectivity index is 2.02. The van der Waals surface area contributed by atoms with Crippen molar-refractivity contribution in [1.82, 2.24) is 9.78 Å². The highest BCUT2D eigenvalue weighted by molar-refractivity contribution is 9.10. The molecule has 7 heteroatoms. The molecule has 0 bridgehead atoms. The van der Waals surface area contributed by atoms with Crippen LogP contribution in [-0.2, 0) is 9.84 Å². The van der Waals surface area contributed by atoms with Gasteiger partial charge in [-0.2, -0.15) is 5.10 Å². The van der Waals surface area contributed by atoms with Crippen LogP contribution in [0.25, 0.3) is 11.3 Å². The molecule has 0 amide bonds. The number of sulfone groups is 1. The van der Waals surface area contributed by atoms with Gasteiger partial charge in [-0.1, -0.05) is 28.1 Å². The predicted molar refractivity (Wildman–Crippen MR) is 86.8 cm³/mol. The first kappa shape index (κ1) is 14.6. The number of rotatable bonds is 2. The van der Waals surface area contributed by atoms with Crippen LogP contribution in [0.4, 0.5) is 5.82 Å². The van der Waals surface area contributed by atoms with Crippen LogP contribution in [0.3, 0.4) is 0 Å². The second kappa shape index (κ2) is 5.14. The Morgan fingerprint density at radius 2 is 2.00 bits per heavy atom. The summed E-state index contributed by atoms with van der Waals surface area (Å²) in [7, 11) is -2.96. The first-order chi connectivity index (χ1) is 9.87. The van der Waals surface area contributed by atoms with Crippen LogP contribution >= 0.6 is 15.9 Å². The smallest absolute Gasteiger partial charge is 0.152 e. The second-order valence-electron chi connectivity index (χ2n) is 5.37. The van der Waals surface area contributed by atoms with E-state index in [1.165, 1.54) is 0 Å². The molecule has 1 unspecified atom stereocenters. The zero-order valence-electron chi connectivity index (χ0n) is 11.6. The fraction of sp³-hybridized carbons (Fsp3) is 0.357. The lowest BCUT2D eigenvalue weighted by Gasteiger charge is -2.10. The van der Waals surface area contributed by atoms with Gasteiger partial charge in [-0.3, -0.25) is 0 Å². The number of halogens is 1. The number of nitrogen functional groups attached to an aromatic ring is 1. The molecule has 1 saturated heterocycles. The summed E-state index contributed by atoms with van der Waals surface area (Å²) >= 11 is 3.41. The fourth-order valence-corrected chi connectivity index (χ4v) is 4.61. The van der Waals surface area contributed by atoms with E-state index in [1.807, 2.05) is 31.2 Å². The molecule has 0 radical (unpaired) electrons. The van der Waals surface area contributed by atoms with Crippen molar-refractivity contribution in [2.45, 2.75) is 19.4 Å². The van der Waals surface area contributed by atoms with Crippen LogP contribution in [0.1, 0.15) is 18.0 Å². The van der Waals surface area contributed by atoms with Crippen LogP contribution in [0.15, 0.2) is 28.7 Å². The normalized spacial score (nSPS) is 20.8. The molecular formula is C14H16BrN3O2S. The van der Waals surface area contributed by atoms with Gasteiger partial charge >= 0.3 is 0 Å². The molecule has 112 valence electrons. The molecular weight excluding hydrogens is 354 g/mol. The van der Waals surface area contributed by atoms with E-state index in [0.29, 0.717) is 12.2 Å². The highest BCUT2D eigenvalue weighted by Crippen LogP contribution is 2.32. The van der Waals surface area contributed by atoms with Crippen molar-refractivity contribution < 1.29 is 8.42 Å². The lowest BCUT2D eigenvalue weighted by atomic mass is 10.1.